The molecule has 2 heterocycles. The second-order valence-corrected chi connectivity index (χ2v) is 6.51. The molecule has 1 fully saturated rings. The summed E-state index contributed by atoms with van der Waals surface area (Å²) in [6.45, 7) is 8.04. The Morgan fingerprint density at radius 3 is 2.79 bits per heavy atom. The van der Waals surface area contributed by atoms with Gasteiger partial charge in [0.15, 0.2) is 5.96 Å². The average Bonchev–Trinajstić information content (AvgIpc) is 3.17. The molecule has 1 aliphatic heterocycles. The summed E-state index contributed by atoms with van der Waals surface area (Å²) in [4.78, 5) is 11.5. The first-order chi connectivity index (χ1) is 13.3. The van der Waals surface area contributed by atoms with E-state index in [0.29, 0.717) is 25.1 Å². The van der Waals surface area contributed by atoms with Crippen LogP contribution in [0.3, 0.4) is 0 Å². The van der Waals surface area contributed by atoms with Gasteiger partial charge in [-0.05, 0) is 38.5 Å². The number of rotatable bonds is 7. The van der Waals surface area contributed by atoms with Crippen LogP contribution >= 0.6 is 24.0 Å². The van der Waals surface area contributed by atoms with Gasteiger partial charge in [0.2, 0.25) is 5.88 Å². The summed E-state index contributed by atoms with van der Waals surface area (Å²) < 4.78 is 5.60. The highest BCUT2D eigenvalue weighted by Gasteiger charge is 2.23. The van der Waals surface area contributed by atoms with Crippen LogP contribution in [0.4, 0.5) is 5.69 Å². The number of benzene rings is 1. The van der Waals surface area contributed by atoms with E-state index in [-0.39, 0.29) is 24.0 Å². The molecule has 1 atom stereocenters. The number of ether oxygens (including phenoxy) is 1. The minimum absolute atomic E-state index is 0. The Labute approximate surface area is 184 Å². The lowest BCUT2D eigenvalue weighted by atomic mass is 10.2. The van der Waals surface area contributed by atoms with Crippen molar-refractivity contribution < 1.29 is 4.74 Å². The summed E-state index contributed by atoms with van der Waals surface area (Å²) in [6.07, 6.45) is 2.84. The Morgan fingerprint density at radius 2 is 2.04 bits per heavy atom. The number of aliphatic imine (C=N–C) groups is 1. The van der Waals surface area contributed by atoms with E-state index < -0.39 is 0 Å². The molecule has 1 aromatic heterocycles. The highest BCUT2D eigenvalue weighted by Crippen LogP contribution is 2.20. The number of anilines is 1. The second kappa shape index (κ2) is 11.7. The molecular weight excluding hydrogens is 465 g/mol. The number of hydrogen-bond donors (Lipinski definition) is 2. The molecule has 0 amide bonds. The van der Waals surface area contributed by atoms with Gasteiger partial charge in [-0.25, -0.2) is 9.98 Å². The lowest BCUT2D eigenvalue weighted by Gasteiger charge is -2.20. The van der Waals surface area contributed by atoms with Gasteiger partial charge >= 0.3 is 0 Å². The first kappa shape index (κ1) is 22.3. The molecule has 0 spiro atoms. The van der Waals surface area contributed by atoms with E-state index in [1.54, 1.807) is 6.20 Å². The topological polar surface area (TPSA) is 61.8 Å². The lowest BCUT2D eigenvalue weighted by Crippen LogP contribution is -2.44. The minimum Gasteiger partial charge on any atom is -0.478 e. The van der Waals surface area contributed by atoms with Crippen molar-refractivity contribution in [1.29, 1.82) is 0 Å². The quantitative estimate of drug-likeness (QED) is 0.350. The van der Waals surface area contributed by atoms with Crippen LogP contribution < -0.4 is 20.3 Å². The van der Waals surface area contributed by atoms with Gasteiger partial charge in [-0.2, -0.15) is 0 Å². The Hall–Kier alpha value is -2.03. The van der Waals surface area contributed by atoms with Gasteiger partial charge in [0.05, 0.1) is 13.2 Å². The molecular formula is C21H30IN5O. The van der Waals surface area contributed by atoms with Gasteiger partial charge in [0, 0.05) is 43.1 Å². The Morgan fingerprint density at radius 1 is 1.21 bits per heavy atom. The molecule has 0 bridgehead atoms. The summed E-state index contributed by atoms with van der Waals surface area (Å²) in [5.41, 5.74) is 2.27. The lowest BCUT2D eigenvalue weighted by molar-refractivity contribution is 0.323. The van der Waals surface area contributed by atoms with Crippen LogP contribution in [0.25, 0.3) is 0 Å². The van der Waals surface area contributed by atoms with Crippen molar-refractivity contribution in [2.24, 2.45) is 4.99 Å². The van der Waals surface area contributed by atoms with Crippen LogP contribution in [0.5, 0.6) is 5.88 Å². The second-order valence-electron chi connectivity index (χ2n) is 6.51. The molecule has 6 nitrogen and oxygen atoms in total. The molecule has 7 heteroatoms. The van der Waals surface area contributed by atoms with E-state index in [4.69, 9.17) is 9.73 Å². The molecule has 1 aliphatic rings. The fourth-order valence-electron chi connectivity index (χ4n) is 3.24. The molecule has 1 saturated heterocycles. The summed E-state index contributed by atoms with van der Waals surface area (Å²) in [5, 5.41) is 6.92. The number of pyridine rings is 1. The van der Waals surface area contributed by atoms with Gasteiger partial charge in [0.1, 0.15) is 0 Å². The van der Waals surface area contributed by atoms with Crippen LogP contribution in [0, 0.1) is 0 Å². The van der Waals surface area contributed by atoms with Gasteiger partial charge in [-0.1, -0.05) is 24.3 Å². The number of nitrogens with one attached hydrogen (secondary N) is 2. The van der Waals surface area contributed by atoms with Gasteiger partial charge in [0.25, 0.3) is 0 Å². The third-order valence-corrected chi connectivity index (χ3v) is 4.53. The van der Waals surface area contributed by atoms with E-state index in [9.17, 15) is 0 Å². The standard InChI is InChI=1S/C21H29N5O.HI/c1-3-22-21(24-15-17-9-8-13-23-20(17)27-4-2)25-18-12-14-26(16-18)19-10-6-5-7-11-19;/h5-11,13,18H,3-4,12,14-16H2,1-2H3,(H2,22,24,25);1H. The van der Waals surface area contributed by atoms with Crippen LogP contribution in [0.2, 0.25) is 0 Å². The third kappa shape index (κ3) is 6.25. The van der Waals surface area contributed by atoms with Crippen molar-refractivity contribution in [3.63, 3.8) is 0 Å². The summed E-state index contributed by atoms with van der Waals surface area (Å²) in [5.74, 6) is 1.50. The number of halogens is 1. The highest BCUT2D eigenvalue weighted by molar-refractivity contribution is 14.0. The fraction of sp³-hybridized carbons (Fsp3) is 0.429. The molecule has 28 heavy (non-hydrogen) atoms. The van der Waals surface area contributed by atoms with E-state index in [1.165, 1.54) is 5.69 Å². The number of para-hydroxylation sites is 1. The molecule has 2 N–H and O–H groups in total. The van der Waals surface area contributed by atoms with Crippen molar-refractivity contribution in [2.75, 3.05) is 31.1 Å². The minimum atomic E-state index is 0. The fourth-order valence-corrected chi connectivity index (χ4v) is 3.24. The normalized spacial score (nSPS) is 16.4. The Kier molecular flexibility index (Phi) is 9.33. The summed E-state index contributed by atoms with van der Waals surface area (Å²) in [7, 11) is 0. The van der Waals surface area contributed by atoms with Gasteiger partial charge in [-0.15, -0.1) is 24.0 Å². The number of aromatic nitrogens is 1. The summed E-state index contributed by atoms with van der Waals surface area (Å²) >= 11 is 0. The first-order valence-corrected chi connectivity index (χ1v) is 9.71. The number of hydrogen-bond acceptors (Lipinski definition) is 4. The zero-order valence-corrected chi connectivity index (χ0v) is 18.9. The first-order valence-electron chi connectivity index (χ1n) is 9.71. The van der Waals surface area contributed by atoms with E-state index in [0.717, 1.165) is 37.6 Å². The maximum atomic E-state index is 5.60. The molecule has 0 saturated carbocycles. The number of guanidine groups is 1. The summed E-state index contributed by atoms with van der Waals surface area (Å²) in [6, 6.07) is 14.9. The maximum absolute atomic E-state index is 5.60. The van der Waals surface area contributed by atoms with Crippen molar-refractivity contribution in [3.8, 4) is 5.88 Å². The molecule has 152 valence electrons. The van der Waals surface area contributed by atoms with Gasteiger partial charge < -0.3 is 20.3 Å². The van der Waals surface area contributed by atoms with Crippen LogP contribution in [-0.4, -0.2) is 43.2 Å². The van der Waals surface area contributed by atoms with Crippen molar-refractivity contribution >= 4 is 35.6 Å². The molecule has 1 aromatic carbocycles. The van der Waals surface area contributed by atoms with Crippen LogP contribution in [0.15, 0.2) is 53.7 Å². The maximum Gasteiger partial charge on any atom is 0.218 e. The zero-order valence-electron chi connectivity index (χ0n) is 16.6. The molecule has 1 unspecified atom stereocenters. The van der Waals surface area contributed by atoms with E-state index in [1.807, 2.05) is 19.1 Å². The van der Waals surface area contributed by atoms with Crippen LogP contribution in [-0.2, 0) is 6.54 Å². The SMILES string of the molecule is CCNC(=NCc1cccnc1OCC)NC1CCN(c2ccccc2)C1.I. The average molecular weight is 495 g/mol. The van der Waals surface area contributed by atoms with E-state index in [2.05, 4.69) is 57.8 Å². The monoisotopic (exact) mass is 495 g/mol. The third-order valence-electron chi connectivity index (χ3n) is 4.53. The highest BCUT2D eigenvalue weighted by atomic mass is 127. The van der Waals surface area contributed by atoms with Crippen molar-refractivity contribution in [3.05, 3.63) is 54.2 Å². The zero-order chi connectivity index (χ0) is 18.9. The Bertz CT molecular complexity index is 741. The molecule has 0 radical (unpaired) electrons. The smallest absolute Gasteiger partial charge is 0.218 e. The van der Waals surface area contributed by atoms with Crippen molar-refractivity contribution in [2.45, 2.75) is 32.9 Å². The van der Waals surface area contributed by atoms with E-state index >= 15 is 0 Å². The molecule has 3 rings (SSSR count). The van der Waals surface area contributed by atoms with Crippen LogP contribution in [0.1, 0.15) is 25.8 Å². The predicted octanol–water partition coefficient (Wildman–Crippen LogP) is 3.43. The molecule has 0 aliphatic carbocycles. The largest absolute Gasteiger partial charge is 0.478 e. The van der Waals surface area contributed by atoms with Crippen molar-refractivity contribution in [1.82, 2.24) is 15.6 Å². The molecule has 2 aromatic rings. The van der Waals surface area contributed by atoms with Gasteiger partial charge in [-0.3, -0.25) is 0 Å². The Balaban J connectivity index is 0.00000280. The predicted molar refractivity (Wildman–Crippen MR) is 126 cm³/mol. The number of nitrogens with zero attached hydrogens (tertiary/aromatic N) is 3.